The Kier molecular flexibility index (Phi) is 3.83. The van der Waals surface area contributed by atoms with Gasteiger partial charge in [0.2, 0.25) is 5.91 Å². The molecule has 1 atom stereocenters. The molecule has 2 aromatic heterocycles. The van der Waals surface area contributed by atoms with Gasteiger partial charge < -0.3 is 10.2 Å². The average molecular weight is 336 g/mol. The summed E-state index contributed by atoms with van der Waals surface area (Å²) < 4.78 is 1.70. The minimum Gasteiger partial charge on any atom is -0.365 e. The van der Waals surface area contributed by atoms with Crippen molar-refractivity contribution in [2.75, 3.05) is 11.9 Å². The zero-order valence-electron chi connectivity index (χ0n) is 14.3. The molecule has 7 nitrogen and oxygen atoms in total. The van der Waals surface area contributed by atoms with Crippen LogP contribution in [-0.4, -0.2) is 43.0 Å². The number of amides is 1. The van der Waals surface area contributed by atoms with E-state index in [0.717, 1.165) is 22.6 Å². The van der Waals surface area contributed by atoms with Gasteiger partial charge in [0.05, 0.1) is 6.04 Å². The fraction of sp³-hybridized carbons (Fsp3) is 0.333. The smallest absolute Gasteiger partial charge is 0.254 e. The van der Waals surface area contributed by atoms with Crippen LogP contribution in [0.2, 0.25) is 0 Å². The van der Waals surface area contributed by atoms with Gasteiger partial charge in [0.15, 0.2) is 0 Å². The van der Waals surface area contributed by atoms with E-state index in [0.29, 0.717) is 25.3 Å². The largest absolute Gasteiger partial charge is 0.365 e. The summed E-state index contributed by atoms with van der Waals surface area (Å²) in [6, 6.07) is 10.1. The molecule has 1 fully saturated rings. The van der Waals surface area contributed by atoms with E-state index in [-0.39, 0.29) is 11.9 Å². The van der Waals surface area contributed by atoms with Crippen LogP contribution in [0.4, 0.5) is 5.82 Å². The molecule has 0 unspecified atom stereocenters. The first kappa shape index (κ1) is 15.6. The molecule has 0 saturated carbocycles. The SMILES string of the molecule is Cc1nc2ncnn2c(N[C@H]2CC(=O)N(Cc3ccccc3)C2)c1C. The maximum Gasteiger partial charge on any atom is 0.254 e. The third-order valence-corrected chi connectivity index (χ3v) is 4.68. The highest BCUT2D eigenvalue weighted by atomic mass is 16.2. The van der Waals surface area contributed by atoms with E-state index in [1.807, 2.05) is 49.1 Å². The summed E-state index contributed by atoms with van der Waals surface area (Å²) in [4.78, 5) is 22.9. The van der Waals surface area contributed by atoms with Gasteiger partial charge >= 0.3 is 0 Å². The van der Waals surface area contributed by atoms with E-state index < -0.39 is 0 Å². The number of nitrogens with one attached hydrogen (secondary N) is 1. The minimum absolute atomic E-state index is 0.0455. The fourth-order valence-electron chi connectivity index (χ4n) is 3.22. The molecule has 25 heavy (non-hydrogen) atoms. The van der Waals surface area contributed by atoms with Crippen LogP contribution < -0.4 is 5.32 Å². The van der Waals surface area contributed by atoms with Crippen molar-refractivity contribution in [3.63, 3.8) is 0 Å². The number of benzene rings is 1. The molecular weight excluding hydrogens is 316 g/mol. The third kappa shape index (κ3) is 2.93. The zero-order valence-corrected chi connectivity index (χ0v) is 14.3. The van der Waals surface area contributed by atoms with Gasteiger partial charge in [-0.05, 0) is 19.4 Å². The molecular formula is C18H20N6O. The quantitative estimate of drug-likeness (QED) is 0.788. The lowest BCUT2D eigenvalue weighted by Gasteiger charge is -2.19. The van der Waals surface area contributed by atoms with Crippen LogP contribution in [-0.2, 0) is 11.3 Å². The molecule has 7 heteroatoms. The van der Waals surface area contributed by atoms with Crippen LogP contribution >= 0.6 is 0 Å². The van der Waals surface area contributed by atoms with Gasteiger partial charge in [-0.25, -0.2) is 4.98 Å². The number of nitrogens with zero attached hydrogens (tertiary/aromatic N) is 5. The second-order valence-corrected chi connectivity index (χ2v) is 6.45. The van der Waals surface area contributed by atoms with Crippen LogP contribution in [0.25, 0.3) is 5.78 Å². The first-order valence-electron chi connectivity index (χ1n) is 8.37. The lowest BCUT2D eigenvalue weighted by molar-refractivity contribution is -0.128. The molecule has 0 aliphatic carbocycles. The molecule has 3 heterocycles. The molecule has 1 saturated heterocycles. The molecule has 1 aromatic carbocycles. The number of aryl methyl sites for hydroxylation is 1. The number of likely N-dealkylation sites (tertiary alicyclic amines) is 1. The van der Waals surface area contributed by atoms with Crippen molar-refractivity contribution in [1.82, 2.24) is 24.5 Å². The number of carbonyl (C=O) groups is 1. The lowest BCUT2D eigenvalue weighted by atomic mass is 10.2. The highest BCUT2D eigenvalue weighted by Crippen LogP contribution is 2.23. The zero-order chi connectivity index (χ0) is 17.4. The minimum atomic E-state index is 0.0455. The van der Waals surface area contributed by atoms with Gasteiger partial charge in [-0.3, -0.25) is 4.79 Å². The third-order valence-electron chi connectivity index (χ3n) is 4.68. The summed E-state index contributed by atoms with van der Waals surface area (Å²) in [5.41, 5.74) is 3.08. The number of carbonyl (C=O) groups excluding carboxylic acids is 1. The van der Waals surface area contributed by atoms with Crippen LogP contribution in [0.5, 0.6) is 0 Å². The van der Waals surface area contributed by atoms with Gasteiger partial charge in [-0.1, -0.05) is 30.3 Å². The Labute approximate surface area is 145 Å². The second kappa shape index (κ2) is 6.16. The van der Waals surface area contributed by atoms with Crippen LogP contribution in [0.1, 0.15) is 23.2 Å². The summed E-state index contributed by atoms with van der Waals surface area (Å²) in [7, 11) is 0. The first-order valence-corrected chi connectivity index (χ1v) is 8.37. The highest BCUT2D eigenvalue weighted by molar-refractivity contribution is 5.80. The van der Waals surface area contributed by atoms with E-state index in [1.165, 1.54) is 6.33 Å². The van der Waals surface area contributed by atoms with E-state index in [1.54, 1.807) is 4.52 Å². The Bertz CT molecular complexity index is 920. The molecule has 3 aromatic rings. The van der Waals surface area contributed by atoms with Gasteiger partial charge in [-0.15, -0.1) is 0 Å². The molecule has 1 amide bonds. The number of hydrogen-bond acceptors (Lipinski definition) is 5. The number of hydrogen-bond donors (Lipinski definition) is 1. The first-order chi connectivity index (χ1) is 12.1. The van der Waals surface area contributed by atoms with Gasteiger partial charge in [-0.2, -0.15) is 14.6 Å². The van der Waals surface area contributed by atoms with Crippen molar-refractivity contribution in [1.29, 1.82) is 0 Å². The van der Waals surface area contributed by atoms with Crippen molar-refractivity contribution in [3.8, 4) is 0 Å². The topological polar surface area (TPSA) is 75.4 Å². The molecule has 1 N–H and O–H groups in total. The van der Waals surface area contributed by atoms with Crippen molar-refractivity contribution in [3.05, 3.63) is 53.5 Å². The Morgan fingerprint density at radius 2 is 2.04 bits per heavy atom. The Balaban J connectivity index is 1.54. The molecule has 0 bridgehead atoms. The number of aromatic nitrogens is 4. The van der Waals surface area contributed by atoms with Gasteiger partial charge in [0.1, 0.15) is 12.1 Å². The summed E-state index contributed by atoms with van der Waals surface area (Å²) in [6.07, 6.45) is 1.97. The van der Waals surface area contributed by atoms with Crippen molar-refractivity contribution < 1.29 is 4.79 Å². The van der Waals surface area contributed by atoms with E-state index >= 15 is 0 Å². The number of anilines is 1. The van der Waals surface area contributed by atoms with E-state index in [2.05, 4.69) is 20.4 Å². The summed E-state index contributed by atoms with van der Waals surface area (Å²) in [5.74, 6) is 1.59. The lowest BCUT2D eigenvalue weighted by Crippen LogP contribution is -2.28. The van der Waals surface area contributed by atoms with Gasteiger partial charge in [0, 0.05) is 30.8 Å². The Hall–Kier alpha value is -2.96. The Morgan fingerprint density at radius 3 is 2.84 bits per heavy atom. The second-order valence-electron chi connectivity index (χ2n) is 6.45. The molecule has 1 aliphatic rings. The van der Waals surface area contributed by atoms with Crippen LogP contribution in [0.3, 0.4) is 0 Å². The predicted molar refractivity (Wildman–Crippen MR) is 94.1 cm³/mol. The predicted octanol–water partition coefficient (Wildman–Crippen LogP) is 1.95. The van der Waals surface area contributed by atoms with E-state index in [9.17, 15) is 4.79 Å². The van der Waals surface area contributed by atoms with Crippen LogP contribution in [0.15, 0.2) is 36.7 Å². The summed E-state index contributed by atoms with van der Waals surface area (Å²) in [5, 5.41) is 7.73. The van der Waals surface area contributed by atoms with Crippen molar-refractivity contribution in [2.24, 2.45) is 0 Å². The highest BCUT2D eigenvalue weighted by Gasteiger charge is 2.30. The standard InChI is InChI=1S/C18H20N6O/c1-12-13(2)21-18-19-11-20-24(18)17(12)22-15-8-16(25)23(10-15)9-14-6-4-3-5-7-14/h3-7,11,15,22H,8-10H2,1-2H3/t15-/m0/s1. The molecule has 1 aliphatic heterocycles. The van der Waals surface area contributed by atoms with Gasteiger partial charge in [0.25, 0.3) is 5.78 Å². The van der Waals surface area contributed by atoms with Crippen LogP contribution in [0, 0.1) is 13.8 Å². The summed E-state index contributed by atoms with van der Waals surface area (Å²) in [6.45, 7) is 5.27. The number of fused-ring (bicyclic) bond motifs is 1. The average Bonchev–Trinajstić information content (AvgIpc) is 3.19. The maximum atomic E-state index is 12.4. The molecule has 4 rings (SSSR count). The van der Waals surface area contributed by atoms with Crippen molar-refractivity contribution in [2.45, 2.75) is 32.9 Å². The van der Waals surface area contributed by atoms with E-state index in [4.69, 9.17) is 0 Å². The molecule has 0 spiro atoms. The monoisotopic (exact) mass is 336 g/mol. The fourth-order valence-corrected chi connectivity index (χ4v) is 3.22. The molecule has 128 valence electrons. The molecule has 0 radical (unpaired) electrons. The van der Waals surface area contributed by atoms with Crippen molar-refractivity contribution >= 4 is 17.5 Å². The number of rotatable bonds is 4. The normalized spacial score (nSPS) is 17.4. The maximum absolute atomic E-state index is 12.4. The Morgan fingerprint density at radius 1 is 1.24 bits per heavy atom. The summed E-state index contributed by atoms with van der Waals surface area (Å²) >= 11 is 0.